The SMILES string of the molecule is CCCO[SiH](C)C.CO[SiH](C)C. The molecule has 0 aliphatic heterocycles. The molecule has 0 atom stereocenters. The molecule has 0 amide bonds. The monoisotopic (exact) mass is 208 g/mol. The normalized spacial score (nSPS) is 10.0. The third-order valence-electron chi connectivity index (χ3n) is 1.13. The third kappa shape index (κ3) is 22.4. The minimum absolute atomic E-state index is 0.650. The Kier molecular flexibility index (Phi) is 14.1. The Hall–Kier alpha value is 0.354. The summed E-state index contributed by atoms with van der Waals surface area (Å²) in [5.74, 6) is 0. The fraction of sp³-hybridized carbons (Fsp3) is 1.00. The van der Waals surface area contributed by atoms with Crippen molar-refractivity contribution in [3.05, 3.63) is 0 Å². The van der Waals surface area contributed by atoms with Gasteiger partial charge in [0.2, 0.25) is 0 Å². The standard InChI is InChI=1S/C5H14OSi.C3H10OSi/c1-4-5-6-7(2)3;1-4-5(2)3/h7H,4-5H2,1-3H3;5H,1-3H3. The van der Waals surface area contributed by atoms with Gasteiger partial charge in [-0.2, -0.15) is 0 Å². The summed E-state index contributed by atoms with van der Waals surface area (Å²) in [7, 11) is 0.423. The molecular weight excluding hydrogens is 184 g/mol. The maximum Gasteiger partial charge on any atom is 0.170 e. The highest BCUT2D eigenvalue weighted by molar-refractivity contribution is 6.48. The zero-order chi connectivity index (χ0) is 9.98. The van der Waals surface area contributed by atoms with Crippen LogP contribution in [-0.2, 0) is 8.85 Å². The molecule has 0 fully saturated rings. The molecule has 0 aromatic rings. The van der Waals surface area contributed by atoms with Gasteiger partial charge in [0, 0.05) is 13.7 Å². The Balaban J connectivity index is 0. The average molecular weight is 208 g/mol. The van der Waals surface area contributed by atoms with Gasteiger partial charge in [-0.25, -0.2) is 0 Å². The molecule has 12 heavy (non-hydrogen) atoms. The van der Waals surface area contributed by atoms with Crippen molar-refractivity contribution in [2.24, 2.45) is 0 Å². The third-order valence-corrected chi connectivity index (χ3v) is 2.97. The Morgan fingerprint density at radius 1 is 1.00 bits per heavy atom. The second-order valence-electron chi connectivity index (χ2n) is 3.20. The van der Waals surface area contributed by atoms with Gasteiger partial charge < -0.3 is 8.85 Å². The van der Waals surface area contributed by atoms with Gasteiger partial charge in [-0.1, -0.05) is 6.92 Å². The van der Waals surface area contributed by atoms with Gasteiger partial charge in [-0.15, -0.1) is 0 Å². The summed E-state index contributed by atoms with van der Waals surface area (Å²) >= 11 is 0. The van der Waals surface area contributed by atoms with Crippen molar-refractivity contribution in [1.82, 2.24) is 0 Å². The Bertz CT molecular complexity index is 77.5. The van der Waals surface area contributed by atoms with Crippen LogP contribution in [0.25, 0.3) is 0 Å². The van der Waals surface area contributed by atoms with Crippen molar-refractivity contribution < 1.29 is 8.85 Å². The maximum absolute atomic E-state index is 5.33. The summed E-state index contributed by atoms with van der Waals surface area (Å²) in [4.78, 5) is 0. The molecule has 0 aliphatic carbocycles. The lowest BCUT2D eigenvalue weighted by atomic mass is 10.5. The fourth-order valence-electron chi connectivity index (χ4n) is 0.354. The summed E-state index contributed by atoms with van der Waals surface area (Å²) < 4.78 is 10.2. The summed E-state index contributed by atoms with van der Waals surface area (Å²) in [6.45, 7) is 11.8. The van der Waals surface area contributed by atoms with E-state index in [-0.39, 0.29) is 0 Å². The van der Waals surface area contributed by atoms with Crippen molar-refractivity contribution in [3.63, 3.8) is 0 Å². The van der Waals surface area contributed by atoms with Crippen LogP contribution < -0.4 is 0 Å². The fourth-order valence-corrected chi connectivity index (χ4v) is 1.06. The van der Waals surface area contributed by atoms with Crippen molar-refractivity contribution in [3.8, 4) is 0 Å². The predicted octanol–water partition coefficient (Wildman–Crippen LogP) is 2.01. The molecule has 0 unspecified atom stereocenters. The summed E-state index contributed by atoms with van der Waals surface area (Å²) in [5, 5.41) is 0. The molecule has 0 radical (unpaired) electrons. The first-order valence-electron chi connectivity index (χ1n) is 4.68. The van der Waals surface area contributed by atoms with E-state index in [9.17, 15) is 0 Å². The minimum Gasteiger partial charge on any atom is -0.424 e. The van der Waals surface area contributed by atoms with E-state index >= 15 is 0 Å². The van der Waals surface area contributed by atoms with Crippen LogP contribution in [-0.4, -0.2) is 31.8 Å². The summed E-state index contributed by atoms with van der Waals surface area (Å²) in [6, 6.07) is 0. The summed E-state index contributed by atoms with van der Waals surface area (Å²) in [6.07, 6.45) is 1.16. The highest BCUT2D eigenvalue weighted by atomic mass is 28.3. The smallest absolute Gasteiger partial charge is 0.170 e. The first-order valence-corrected chi connectivity index (χ1v) is 10.2. The van der Waals surface area contributed by atoms with E-state index in [0.29, 0.717) is 0 Å². The molecule has 0 rings (SSSR count). The van der Waals surface area contributed by atoms with Crippen LogP contribution in [0, 0.1) is 0 Å². The molecular formula is C8H24O2Si2. The molecule has 0 N–H and O–H groups in total. The van der Waals surface area contributed by atoms with Gasteiger partial charge in [0.05, 0.1) is 0 Å². The molecule has 0 bridgehead atoms. The highest BCUT2D eigenvalue weighted by Gasteiger charge is 1.90. The highest BCUT2D eigenvalue weighted by Crippen LogP contribution is 1.84. The molecule has 0 spiro atoms. The van der Waals surface area contributed by atoms with Crippen molar-refractivity contribution in [1.29, 1.82) is 0 Å². The van der Waals surface area contributed by atoms with Gasteiger partial charge in [-0.05, 0) is 32.6 Å². The van der Waals surface area contributed by atoms with Crippen molar-refractivity contribution in [2.45, 2.75) is 39.5 Å². The lowest BCUT2D eigenvalue weighted by Gasteiger charge is -2.01. The van der Waals surface area contributed by atoms with E-state index in [1.807, 2.05) is 0 Å². The van der Waals surface area contributed by atoms with Crippen LogP contribution in [0.2, 0.25) is 26.2 Å². The van der Waals surface area contributed by atoms with E-state index in [1.165, 1.54) is 0 Å². The quantitative estimate of drug-likeness (QED) is 0.658. The van der Waals surface area contributed by atoms with Crippen LogP contribution in [0.1, 0.15) is 13.3 Å². The van der Waals surface area contributed by atoms with E-state index < -0.39 is 18.1 Å². The van der Waals surface area contributed by atoms with Gasteiger partial charge in [0.15, 0.2) is 18.1 Å². The first kappa shape index (κ1) is 14.9. The maximum atomic E-state index is 5.33. The van der Waals surface area contributed by atoms with Crippen LogP contribution in [0.5, 0.6) is 0 Å². The predicted molar refractivity (Wildman–Crippen MR) is 61.0 cm³/mol. The molecule has 4 heteroatoms. The number of hydrogen-bond acceptors (Lipinski definition) is 2. The van der Waals surface area contributed by atoms with Crippen molar-refractivity contribution in [2.75, 3.05) is 13.7 Å². The molecule has 76 valence electrons. The van der Waals surface area contributed by atoms with Gasteiger partial charge >= 0.3 is 0 Å². The van der Waals surface area contributed by atoms with Gasteiger partial charge in [0.25, 0.3) is 0 Å². The largest absolute Gasteiger partial charge is 0.424 e. The van der Waals surface area contributed by atoms with E-state index in [0.717, 1.165) is 13.0 Å². The van der Waals surface area contributed by atoms with E-state index in [1.54, 1.807) is 7.11 Å². The van der Waals surface area contributed by atoms with Crippen LogP contribution in [0.15, 0.2) is 0 Å². The van der Waals surface area contributed by atoms with E-state index in [2.05, 4.69) is 33.1 Å². The first-order chi connectivity index (χ1) is 5.54. The molecule has 0 saturated carbocycles. The Morgan fingerprint density at radius 2 is 1.42 bits per heavy atom. The second kappa shape index (κ2) is 11.4. The Morgan fingerprint density at radius 3 is 1.50 bits per heavy atom. The molecule has 0 aromatic carbocycles. The molecule has 0 saturated heterocycles. The number of hydrogen-bond donors (Lipinski definition) is 0. The molecule has 0 heterocycles. The lowest BCUT2D eigenvalue weighted by molar-refractivity contribution is 0.326. The second-order valence-corrected chi connectivity index (χ2v) is 8.20. The van der Waals surface area contributed by atoms with Crippen molar-refractivity contribution >= 4 is 18.1 Å². The lowest BCUT2D eigenvalue weighted by Crippen LogP contribution is -2.07. The van der Waals surface area contributed by atoms with E-state index in [4.69, 9.17) is 8.85 Å². The van der Waals surface area contributed by atoms with Crippen LogP contribution >= 0.6 is 0 Å². The molecule has 0 aromatic heterocycles. The molecule has 0 aliphatic rings. The number of rotatable bonds is 4. The van der Waals surface area contributed by atoms with Crippen LogP contribution in [0.4, 0.5) is 0 Å². The topological polar surface area (TPSA) is 18.5 Å². The van der Waals surface area contributed by atoms with Crippen LogP contribution in [0.3, 0.4) is 0 Å². The molecule has 2 nitrogen and oxygen atoms in total. The summed E-state index contributed by atoms with van der Waals surface area (Å²) in [5.41, 5.74) is 0. The minimum atomic E-state index is -0.688. The zero-order valence-electron chi connectivity index (χ0n) is 9.39. The average Bonchev–Trinajstić information content (AvgIpc) is 2.02. The van der Waals surface area contributed by atoms with Gasteiger partial charge in [-0.3, -0.25) is 0 Å². The Labute approximate surface area is 80.7 Å². The zero-order valence-corrected chi connectivity index (χ0v) is 11.7. The van der Waals surface area contributed by atoms with Gasteiger partial charge in [0.1, 0.15) is 0 Å².